The second-order valence-electron chi connectivity index (χ2n) is 4.78. The molecule has 21 heavy (non-hydrogen) atoms. The summed E-state index contributed by atoms with van der Waals surface area (Å²) in [5.74, 6) is -0.208. The number of amides is 2. The van der Waals surface area contributed by atoms with Crippen LogP contribution in [-0.4, -0.2) is 68.6 Å². The Kier molecular flexibility index (Phi) is 5.51. The van der Waals surface area contributed by atoms with Gasteiger partial charge in [0.2, 0.25) is 6.41 Å². The number of aromatic nitrogens is 1. The molecular weight excluding hydrogens is 272 g/mol. The van der Waals surface area contributed by atoms with Crippen molar-refractivity contribution in [3.63, 3.8) is 0 Å². The van der Waals surface area contributed by atoms with Crippen LogP contribution in [0, 0.1) is 0 Å². The molecule has 2 rings (SSSR count). The molecule has 0 unspecified atom stereocenters. The number of carbonyl (C=O) groups excluding carboxylic acids is 2. The SMILES string of the molecule is COCCNC(=O)c1cc(N2CCN(C=O)CC2)ccn1. The Balaban J connectivity index is 1.97. The summed E-state index contributed by atoms with van der Waals surface area (Å²) in [6, 6.07) is 3.65. The Bertz CT molecular complexity index is 487. The van der Waals surface area contributed by atoms with E-state index in [0.29, 0.717) is 31.9 Å². The molecule has 1 aliphatic rings. The molecular formula is C14H20N4O3. The Morgan fingerprint density at radius 1 is 1.43 bits per heavy atom. The van der Waals surface area contributed by atoms with Gasteiger partial charge < -0.3 is 19.9 Å². The smallest absolute Gasteiger partial charge is 0.270 e. The number of ether oxygens (including phenoxy) is 1. The van der Waals surface area contributed by atoms with Gasteiger partial charge in [0.25, 0.3) is 5.91 Å². The quantitative estimate of drug-likeness (QED) is 0.577. The van der Waals surface area contributed by atoms with Gasteiger partial charge in [0.15, 0.2) is 0 Å². The second-order valence-corrected chi connectivity index (χ2v) is 4.78. The normalized spacial score (nSPS) is 14.9. The molecule has 1 N–H and O–H groups in total. The molecule has 1 fully saturated rings. The highest BCUT2D eigenvalue weighted by molar-refractivity contribution is 5.93. The summed E-state index contributed by atoms with van der Waals surface area (Å²) >= 11 is 0. The predicted molar refractivity (Wildman–Crippen MR) is 78.3 cm³/mol. The average Bonchev–Trinajstić information content (AvgIpc) is 2.55. The number of anilines is 1. The van der Waals surface area contributed by atoms with Gasteiger partial charge in [-0.05, 0) is 12.1 Å². The zero-order valence-electron chi connectivity index (χ0n) is 12.1. The van der Waals surface area contributed by atoms with Gasteiger partial charge in [-0.2, -0.15) is 0 Å². The number of pyridine rings is 1. The molecule has 2 amide bonds. The number of nitrogens with zero attached hydrogens (tertiary/aromatic N) is 3. The van der Waals surface area contributed by atoms with Gasteiger partial charge in [-0.15, -0.1) is 0 Å². The van der Waals surface area contributed by atoms with Crippen LogP contribution in [0.15, 0.2) is 18.3 Å². The highest BCUT2D eigenvalue weighted by atomic mass is 16.5. The van der Waals surface area contributed by atoms with Crippen molar-refractivity contribution in [3.05, 3.63) is 24.0 Å². The lowest BCUT2D eigenvalue weighted by molar-refractivity contribution is -0.118. The Morgan fingerprint density at radius 2 is 2.19 bits per heavy atom. The molecule has 1 aromatic rings. The van der Waals surface area contributed by atoms with Crippen molar-refractivity contribution in [2.24, 2.45) is 0 Å². The van der Waals surface area contributed by atoms with Gasteiger partial charge >= 0.3 is 0 Å². The molecule has 7 heteroatoms. The fraction of sp³-hybridized carbons (Fsp3) is 0.500. The molecule has 0 atom stereocenters. The third-order valence-corrected chi connectivity index (χ3v) is 3.40. The van der Waals surface area contributed by atoms with Crippen molar-refractivity contribution in [1.82, 2.24) is 15.2 Å². The largest absolute Gasteiger partial charge is 0.383 e. The molecule has 0 saturated carbocycles. The molecule has 0 bridgehead atoms. The Labute approximate surface area is 123 Å². The topological polar surface area (TPSA) is 74.8 Å². The van der Waals surface area contributed by atoms with Crippen LogP contribution in [-0.2, 0) is 9.53 Å². The summed E-state index contributed by atoms with van der Waals surface area (Å²) in [6.07, 6.45) is 2.51. The number of hydrogen-bond donors (Lipinski definition) is 1. The van der Waals surface area contributed by atoms with E-state index in [4.69, 9.17) is 4.74 Å². The molecule has 114 valence electrons. The average molecular weight is 292 g/mol. The van der Waals surface area contributed by atoms with Gasteiger partial charge in [-0.3, -0.25) is 14.6 Å². The maximum Gasteiger partial charge on any atom is 0.270 e. The van der Waals surface area contributed by atoms with Crippen LogP contribution < -0.4 is 10.2 Å². The molecule has 0 aliphatic carbocycles. The maximum atomic E-state index is 12.0. The van der Waals surface area contributed by atoms with Gasteiger partial charge in [0.1, 0.15) is 5.69 Å². The van der Waals surface area contributed by atoms with Gasteiger partial charge in [0.05, 0.1) is 6.61 Å². The fourth-order valence-corrected chi connectivity index (χ4v) is 2.18. The van der Waals surface area contributed by atoms with E-state index in [-0.39, 0.29) is 5.91 Å². The highest BCUT2D eigenvalue weighted by Gasteiger charge is 2.17. The summed E-state index contributed by atoms with van der Waals surface area (Å²) in [5.41, 5.74) is 1.34. The first-order valence-corrected chi connectivity index (χ1v) is 6.92. The lowest BCUT2D eigenvalue weighted by Crippen LogP contribution is -2.45. The summed E-state index contributed by atoms with van der Waals surface area (Å²) in [5, 5.41) is 2.75. The molecule has 1 saturated heterocycles. The lowest BCUT2D eigenvalue weighted by Gasteiger charge is -2.34. The minimum absolute atomic E-state index is 0.208. The van der Waals surface area contributed by atoms with Crippen LogP contribution >= 0.6 is 0 Å². The maximum absolute atomic E-state index is 12.0. The van der Waals surface area contributed by atoms with E-state index in [1.807, 2.05) is 6.07 Å². The molecule has 2 heterocycles. The summed E-state index contributed by atoms with van der Waals surface area (Å²) in [7, 11) is 1.59. The van der Waals surface area contributed by atoms with Crippen LogP contribution in [0.4, 0.5) is 5.69 Å². The number of methoxy groups -OCH3 is 1. The van der Waals surface area contributed by atoms with Gasteiger partial charge in [-0.1, -0.05) is 0 Å². The third kappa shape index (κ3) is 4.16. The van der Waals surface area contributed by atoms with Gasteiger partial charge in [-0.25, -0.2) is 0 Å². The monoisotopic (exact) mass is 292 g/mol. The lowest BCUT2D eigenvalue weighted by atomic mass is 10.2. The Hall–Kier alpha value is -2.15. The van der Waals surface area contributed by atoms with E-state index < -0.39 is 0 Å². The van der Waals surface area contributed by atoms with Crippen LogP contribution in [0.3, 0.4) is 0 Å². The number of nitrogens with one attached hydrogen (secondary N) is 1. The minimum atomic E-state index is -0.208. The molecule has 0 radical (unpaired) electrons. The van der Waals surface area contributed by atoms with Crippen molar-refractivity contribution in [2.45, 2.75) is 0 Å². The number of rotatable bonds is 6. The van der Waals surface area contributed by atoms with Crippen LogP contribution in [0.5, 0.6) is 0 Å². The van der Waals surface area contributed by atoms with Crippen LogP contribution in [0.25, 0.3) is 0 Å². The summed E-state index contributed by atoms with van der Waals surface area (Å²) < 4.78 is 4.89. The van der Waals surface area contributed by atoms with Crippen molar-refractivity contribution >= 4 is 18.0 Å². The van der Waals surface area contributed by atoms with Crippen molar-refractivity contribution in [3.8, 4) is 0 Å². The molecule has 1 aliphatic heterocycles. The van der Waals surface area contributed by atoms with Crippen molar-refractivity contribution in [2.75, 3.05) is 51.3 Å². The van der Waals surface area contributed by atoms with Crippen LogP contribution in [0.2, 0.25) is 0 Å². The zero-order chi connectivity index (χ0) is 15.1. The summed E-state index contributed by atoms with van der Waals surface area (Å²) in [4.78, 5) is 30.6. The van der Waals surface area contributed by atoms with E-state index in [9.17, 15) is 9.59 Å². The molecule has 0 spiro atoms. The number of carbonyl (C=O) groups is 2. The fourth-order valence-electron chi connectivity index (χ4n) is 2.18. The van der Waals surface area contributed by atoms with Crippen molar-refractivity contribution in [1.29, 1.82) is 0 Å². The van der Waals surface area contributed by atoms with E-state index >= 15 is 0 Å². The van der Waals surface area contributed by atoms with E-state index in [1.165, 1.54) is 0 Å². The van der Waals surface area contributed by atoms with Gasteiger partial charge in [0, 0.05) is 51.7 Å². The van der Waals surface area contributed by atoms with Crippen molar-refractivity contribution < 1.29 is 14.3 Å². The second kappa shape index (κ2) is 7.58. The van der Waals surface area contributed by atoms with E-state index in [1.54, 1.807) is 24.3 Å². The predicted octanol–water partition coefficient (Wildman–Crippen LogP) is -0.264. The standard InChI is InChI=1S/C14H20N4O3/c1-21-9-4-16-14(20)13-10-12(2-3-15-13)18-7-5-17(11-19)6-8-18/h2-3,10-11H,4-9H2,1H3,(H,16,20). The Morgan fingerprint density at radius 3 is 2.86 bits per heavy atom. The molecule has 0 aromatic carbocycles. The third-order valence-electron chi connectivity index (χ3n) is 3.40. The highest BCUT2D eigenvalue weighted by Crippen LogP contribution is 2.16. The number of hydrogen-bond acceptors (Lipinski definition) is 5. The van der Waals surface area contributed by atoms with Crippen LogP contribution in [0.1, 0.15) is 10.5 Å². The minimum Gasteiger partial charge on any atom is -0.383 e. The van der Waals surface area contributed by atoms with E-state index in [2.05, 4.69) is 15.2 Å². The molecule has 7 nitrogen and oxygen atoms in total. The zero-order valence-corrected chi connectivity index (χ0v) is 12.1. The first-order valence-electron chi connectivity index (χ1n) is 6.92. The first kappa shape index (κ1) is 15.2. The summed E-state index contributed by atoms with van der Waals surface area (Å²) in [6.45, 7) is 3.84. The first-order chi connectivity index (χ1) is 10.2. The van der Waals surface area contributed by atoms with E-state index in [0.717, 1.165) is 25.2 Å². The number of piperazine rings is 1. The molecule has 1 aromatic heterocycles.